The highest BCUT2D eigenvalue weighted by Gasteiger charge is 1.97. The first-order chi connectivity index (χ1) is 8.75. The summed E-state index contributed by atoms with van der Waals surface area (Å²) in [6.45, 7) is 0.696. The first kappa shape index (κ1) is 12.7. The van der Waals surface area contributed by atoms with Crippen LogP contribution in [0, 0.1) is 0 Å². The standard InChI is InChI=1S/C13H15N3OS/c14-11-2-3-13(17)16(10-11)8-1-9-18-12-4-6-15-7-5-12/h2-7,10H,1,8-9,14H2. The van der Waals surface area contributed by atoms with E-state index in [0.29, 0.717) is 12.2 Å². The van der Waals surface area contributed by atoms with Crippen molar-refractivity contribution in [3.8, 4) is 0 Å². The van der Waals surface area contributed by atoms with Gasteiger partial charge in [0.25, 0.3) is 5.56 Å². The summed E-state index contributed by atoms with van der Waals surface area (Å²) in [4.78, 5) is 16.7. The average Bonchev–Trinajstić information content (AvgIpc) is 2.40. The van der Waals surface area contributed by atoms with Crippen LogP contribution in [0.3, 0.4) is 0 Å². The van der Waals surface area contributed by atoms with Crippen molar-refractivity contribution in [2.45, 2.75) is 17.9 Å². The van der Waals surface area contributed by atoms with E-state index in [9.17, 15) is 4.79 Å². The Morgan fingerprint density at radius 1 is 1.22 bits per heavy atom. The topological polar surface area (TPSA) is 60.9 Å². The van der Waals surface area contributed by atoms with Gasteiger partial charge in [-0.05, 0) is 30.4 Å². The SMILES string of the molecule is Nc1ccc(=O)n(CCCSc2ccncc2)c1. The zero-order valence-electron chi connectivity index (χ0n) is 9.95. The Morgan fingerprint density at radius 2 is 2.00 bits per heavy atom. The third-order valence-corrected chi connectivity index (χ3v) is 3.57. The number of rotatable bonds is 5. The van der Waals surface area contributed by atoms with Crippen molar-refractivity contribution in [1.82, 2.24) is 9.55 Å². The lowest BCUT2D eigenvalue weighted by molar-refractivity contribution is 0.660. The van der Waals surface area contributed by atoms with Crippen molar-refractivity contribution in [1.29, 1.82) is 0 Å². The van der Waals surface area contributed by atoms with Crippen molar-refractivity contribution >= 4 is 17.4 Å². The lowest BCUT2D eigenvalue weighted by Gasteiger charge is -2.06. The Morgan fingerprint density at radius 3 is 2.78 bits per heavy atom. The van der Waals surface area contributed by atoms with Crippen molar-refractivity contribution < 1.29 is 0 Å². The Labute approximate surface area is 110 Å². The van der Waals surface area contributed by atoms with E-state index in [0.717, 1.165) is 12.2 Å². The van der Waals surface area contributed by atoms with Gasteiger partial charge >= 0.3 is 0 Å². The smallest absolute Gasteiger partial charge is 0.250 e. The van der Waals surface area contributed by atoms with E-state index in [-0.39, 0.29) is 5.56 Å². The van der Waals surface area contributed by atoms with Gasteiger partial charge in [0.15, 0.2) is 0 Å². The molecule has 0 bridgehead atoms. The van der Waals surface area contributed by atoms with E-state index in [1.54, 1.807) is 41.0 Å². The molecule has 2 aromatic heterocycles. The van der Waals surface area contributed by atoms with Gasteiger partial charge < -0.3 is 10.3 Å². The van der Waals surface area contributed by atoms with Crippen molar-refractivity contribution in [3.63, 3.8) is 0 Å². The Balaban J connectivity index is 1.82. The molecule has 0 saturated heterocycles. The third kappa shape index (κ3) is 3.63. The maximum absolute atomic E-state index is 11.5. The fourth-order valence-electron chi connectivity index (χ4n) is 1.58. The second-order valence-electron chi connectivity index (χ2n) is 3.88. The summed E-state index contributed by atoms with van der Waals surface area (Å²) in [5.41, 5.74) is 6.27. The van der Waals surface area contributed by atoms with Crippen LogP contribution in [-0.2, 0) is 6.54 Å². The van der Waals surface area contributed by atoms with Crippen LogP contribution in [0.2, 0.25) is 0 Å². The summed E-state index contributed by atoms with van der Waals surface area (Å²) in [6, 6.07) is 7.10. The van der Waals surface area contributed by atoms with Crippen molar-refractivity contribution in [2.75, 3.05) is 11.5 Å². The molecule has 0 spiro atoms. The Hall–Kier alpha value is -1.75. The number of thioether (sulfide) groups is 1. The van der Waals surface area contributed by atoms with Crippen LogP contribution in [0.15, 0.2) is 52.5 Å². The molecule has 0 aliphatic carbocycles. The number of aryl methyl sites for hydroxylation is 1. The molecule has 2 rings (SSSR count). The van der Waals surface area contributed by atoms with E-state index in [4.69, 9.17) is 5.73 Å². The van der Waals surface area contributed by atoms with Gasteiger partial charge in [-0.25, -0.2) is 0 Å². The molecule has 2 heterocycles. The number of hydrogen-bond acceptors (Lipinski definition) is 4. The van der Waals surface area contributed by atoms with E-state index in [2.05, 4.69) is 4.98 Å². The van der Waals surface area contributed by atoms with Gasteiger partial charge in [-0.3, -0.25) is 9.78 Å². The van der Waals surface area contributed by atoms with Crippen LogP contribution in [-0.4, -0.2) is 15.3 Å². The van der Waals surface area contributed by atoms with Gasteiger partial charge in [-0.15, -0.1) is 11.8 Å². The molecule has 94 valence electrons. The van der Waals surface area contributed by atoms with Crippen LogP contribution in [0.1, 0.15) is 6.42 Å². The highest BCUT2D eigenvalue weighted by molar-refractivity contribution is 7.99. The molecule has 2 N–H and O–H groups in total. The second-order valence-corrected chi connectivity index (χ2v) is 5.05. The summed E-state index contributed by atoms with van der Waals surface area (Å²) in [5.74, 6) is 0.964. The van der Waals surface area contributed by atoms with Crippen LogP contribution < -0.4 is 11.3 Å². The largest absolute Gasteiger partial charge is 0.398 e. The summed E-state index contributed by atoms with van der Waals surface area (Å²) in [7, 11) is 0. The fourth-order valence-corrected chi connectivity index (χ4v) is 2.41. The maximum Gasteiger partial charge on any atom is 0.250 e. The predicted molar refractivity (Wildman–Crippen MR) is 74.7 cm³/mol. The molecule has 0 aromatic carbocycles. The van der Waals surface area contributed by atoms with Crippen LogP contribution in [0.25, 0.3) is 0 Å². The van der Waals surface area contributed by atoms with Gasteiger partial charge in [0.05, 0.1) is 0 Å². The summed E-state index contributed by atoms with van der Waals surface area (Å²) in [6.07, 6.45) is 6.19. The monoisotopic (exact) mass is 261 g/mol. The van der Waals surface area contributed by atoms with E-state index < -0.39 is 0 Å². The minimum atomic E-state index is -0.00175. The van der Waals surface area contributed by atoms with Gasteiger partial charge in [-0.1, -0.05) is 0 Å². The van der Waals surface area contributed by atoms with Gasteiger partial charge in [0.1, 0.15) is 0 Å². The zero-order chi connectivity index (χ0) is 12.8. The number of nitrogen functional groups attached to an aromatic ring is 1. The van der Waals surface area contributed by atoms with Crippen molar-refractivity contribution in [3.05, 3.63) is 53.2 Å². The van der Waals surface area contributed by atoms with Gasteiger partial charge in [-0.2, -0.15) is 0 Å². The van der Waals surface area contributed by atoms with E-state index >= 15 is 0 Å². The maximum atomic E-state index is 11.5. The van der Waals surface area contributed by atoms with E-state index in [1.165, 1.54) is 11.0 Å². The molecule has 0 aliphatic rings. The number of anilines is 1. The number of pyridine rings is 2. The van der Waals surface area contributed by atoms with Gasteiger partial charge in [0, 0.05) is 41.8 Å². The van der Waals surface area contributed by atoms with Crippen LogP contribution >= 0.6 is 11.8 Å². The lowest BCUT2D eigenvalue weighted by Crippen LogP contribution is -2.19. The molecule has 2 aromatic rings. The fraction of sp³-hybridized carbons (Fsp3) is 0.231. The predicted octanol–water partition coefficient (Wildman–Crippen LogP) is 2.01. The Bertz CT molecular complexity index is 554. The quantitative estimate of drug-likeness (QED) is 0.660. The molecule has 0 amide bonds. The molecule has 0 aliphatic heterocycles. The first-order valence-corrected chi connectivity index (χ1v) is 6.73. The highest BCUT2D eigenvalue weighted by atomic mass is 32.2. The number of nitrogens with zero attached hydrogens (tertiary/aromatic N) is 2. The average molecular weight is 261 g/mol. The normalized spacial score (nSPS) is 10.4. The number of aromatic nitrogens is 2. The summed E-state index contributed by atoms with van der Waals surface area (Å²) >= 11 is 1.76. The molecule has 0 radical (unpaired) electrons. The van der Waals surface area contributed by atoms with Crippen LogP contribution in [0.5, 0.6) is 0 Å². The molecular formula is C13H15N3OS. The third-order valence-electron chi connectivity index (χ3n) is 2.47. The number of hydrogen-bond donors (Lipinski definition) is 1. The molecule has 0 atom stereocenters. The zero-order valence-corrected chi connectivity index (χ0v) is 10.8. The summed E-state index contributed by atoms with van der Waals surface area (Å²) in [5, 5.41) is 0. The summed E-state index contributed by atoms with van der Waals surface area (Å²) < 4.78 is 1.66. The molecular weight excluding hydrogens is 246 g/mol. The molecule has 0 fully saturated rings. The molecule has 5 heteroatoms. The lowest BCUT2D eigenvalue weighted by atomic mass is 10.4. The minimum Gasteiger partial charge on any atom is -0.398 e. The van der Waals surface area contributed by atoms with Crippen molar-refractivity contribution in [2.24, 2.45) is 0 Å². The second kappa shape index (κ2) is 6.26. The van der Waals surface area contributed by atoms with Gasteiger partial charge in [0.2, 0.25) is 0 Å². The molecule has 4 nitrogen and oxygen atoms in total. The molecule has 0 saturated carbocycles. The van der Waals surface area contributed by atoms with E-state index in [1.807, 2.05) is 12.1 Å². The first-order valence-electron chi connectivity index (χ1n) is 5.74. The number of nitrogens with two attached hydrogens (primary N) is 1. The molecule has 18 heavy (non-hydrogen) atoms. The highest BCUT2D eigenvalue weighted by Crippen LogP contribution is 2.17. The molecule has 0 unspecified atom stereocenters. The van der Waals surface area contributed by atoms with Crippen LogP contribution in [0.4, 0.5) is 5.69 Å². The Kier molecular flexibility index (Phi) is 4.41. The minimum absolute atomic E-state index is 0.00175.